The fraction of sp³-hybridized carbons (Fsp3) is 0.250. The van der Waals surface area contributed by atoms with E-state index in [4.69, 9.17) is 5.11 Å². The van der Waals surface area contributed by atoms with Crippen LogP contribution in [0.3, 0.4) is 0 Å². The van der Waals surface area contributed by atoms with Crippen LogP contribution in [0.5, 0.6) is 0 Å². The van der Waals surface area contributed by atoms with Gasteiger partial charge in [-0.25, -0.2) is 0 Å². The van der Waals surface area contributed by atoms with Crippen molar-refractivity contribution in [3.63, 3.8) is 0 Å². The summed E-state index contributed by atoms with van der Waals surface area (Å²) in [4.78, 5) is 24.8. The molecule has 0 aliphatic heterocycles. The molecule has 1 atom stereocenters. The van der Waals surface area contributed by atoms with Crippen LogP contribution in [0.25, 0.3) is 10.8 Å². The number of amides is 1. The van der Waals surface area contributed by atoms with Crippen LogP contribution >= 0.6 is 0 Å². The van der Waals surface area contributed by atoms with Gasteiger partial charge in [-0.2, -0.15) is 0 Å². The SMILES string of the molecule is C[C@H](NC(=O)c1ccc2cc(N(C)C)ccc2c1)C(=O)O. The monoisotopic (exact) mass is 286 g/mol. The van der Waals surface area contributed by atoms with E-state index in [2.05, 4.69) is 5.32 Å². The van der Waals surface area contributed by atoms with Crippen molar-refractivity contribution >= 4 is 28.3 Å². The predicted octanol–water partition coefficient (Wildman–Crippen LogP) is 2.11. The van der Waals surface area contributed by atoms with Gasteiger partial charge in [0.05, 0.1) is 0 Å². The molecule has 5 nitrogen and oxygen atoms in total. The van der Waals surface area contributed by atoms with E-state index in [-0.39, 0.29) is 5.91 Å². The minimum absolute atomic E-state index is 0.386. The predicted molar refractivity (Wildman–Crippen MR) is 82.8 cm³/mol. The van der Waals surface area contributed by atoms with Gasteiger partial charge >= 0.3 is 5.97 Å². The van der Waals surface area contributed by atoms with Crippen molar-refractivity contribution < 1.29 is 14.7 Å². The van der Waals surface area contributed by atoms with Gasteiger partial charge in [-0.3, -0.25) is 9.59 Å². The van der Waals surface area contributed by atoms with Gasteiger partial charge in [-0.15, -0.1) is 0 Å². The Morgan fingerprint density at radius 1 is 1.10 bits per heavy atom. The van der Waals surface area contributed by atoms with Crippen molar-refractivity contribution in [1.82, 2.24) is 5.32 Å². The molecule has 0 bridgehead atoms. The first-order valence-electron chi connectivity index (χ1n) is 6.63. The highest BCUT2D eigenvalue weighted by molar-refractivity contribution is 6.00. The number of benzene rings is 2. The second kappa shape index (κ2) is 5.83. The molecule has 0 aliphatic rings. The molecule has 0 fully saturated rings. The summed E-state index contributed by atoms with van der Waals surface area (Å²) < 4.78 is 0. The van der Waals surface area contributed by atoms with Crippen molar-refractivity contribution in [3.8, 4) is 0 Å². The second-order valence-corrected chi connectivity index (χ2v) is 5.17. The molecule has 0 unspecified atom stereocenters. The molecule has 2 rings (SSSR count). The molecule has 2 aromatic rings. The minimum Gasteiger partial charge on any atom is -0.480 e. The minimum atomic E-state index is -1.06. The Hall–Kier alpha value is -2.56. The number of nitrogens with zero attached hydrogens (tertiary/aromatic N) is 1. The highest BCUT2D eigenvalue weighted by atomic mass is 16.4. The molecule has 2 aromatic carbocycles. The lowest BCUT2D eigenvalue weighted by Gasteiger charge is -2.13. The lowest BCUT2D eigenvalue weighted by molar-refractivity contribution is -0.138. The maximum absolute atomic E-state index is 12.0. The lowest BCUT2D eigenvalue weighted by Crippen LogP contribution is -2.38. The molecule has 0 saturated carbocycles. The van der Waals surface area contributed by atoms with Gasteiger partial charge in [-0.1, -0.05) is 12.1 Å². The number of fused-ring (bicyclic) bond motifs is 1. The Morgan fingerprint density at radius 3 is 2.33 bits per heavy atom. The van der Waals surface area contributed by atoms with Gasteiger partial charge in [0.15, 0.2) is 0 Å². The van der Waals surface area contributed by atoms with Crippen LogP contribution in [0.15, 0.2) is 36.4 Å². The van der Waals surface area contributed by atoms with Crippen molar-refractivity contribution in [1.29, 1.82) is 0 Å². The second-order valence-electron chi connectivity index (χ2n) is 5.17. The van der Waals surface area contributed by atoms with E-state index in [0.29, 0.717) is 5.56 Å². The molecule has 0 heterocycles. The third-order valence-electron chi connectivity index (χ3n) is 3.32. The molecule has 0 aliphatic carbocycles. The van der Waals surface area contributed by atoms with E-state index >= 15 is 0 Å². The van der Waals surface area contributed by atoms with Crippen molar-refractivity contribution in [3.05, 3.63) is 42.0 Å². The fourth-order valence-corrected chi connectivity index (χ4v) is 1.99. The molecule has 0 aromatic heterocycles. The molecule has 21 heavy (non-hydrogen) atoms. The van der Waals surface area contributed by atoms with Crippen molar-refractivity contribution in [2.45, 2.75) is 13.0 Å². The van der Waals surface area contributed by atoms with Crippen LogP contribution in [0.4, 0.5) is 5.69 Å². The molecule has 2 N–H and O–H groups in total. The van der Waals surface area contributed by atoms with Crippen LogP contribution < -0.4 is 10.2 Å². The standard InChI is InChI=1S/C16H18N2O3/c1-10(16(20)21)17-15(19)13-5-4-12-9-14(18(2)3)7-6-11(12)8-13/h4-10H,1-3H3,(H,17,19)(H,20,21)/t10-/m0/s1. The van der Waals surface area contributed by atoms with Gasteiger partial charge in [0.25, 0.3) is 5.91 Å². The number of hydrogen-bond acceptors (Lipinski definition) is 3. The zero-order valence-corrected chi connectivity index (χ0v) is 12.3. The first-order valence-corrected chi connectivity index (χ1v) is 6.63. The third-order valence-corrected chi connectivity index (χ3v) is 3.32. The van der Waals surface area contributed by atoms with Crippen molar-refractivity contribution in [2.75, 3.05) is 19.0 Å². The summed E-state index contributed by atoms with van der Waals surface area (Å²) in [5.41, 5.74) is 1.53. The zero-order valence-electron chi connectivity index (χ0n) is 12.3. The molecular weight excluding hydrogens is 268 g/mol. The smallest absolute Gasteiger partial charge is 0.325 e. The Labute approximate surface area is 123 Å². The van der Waals surface area contributed by atoms with Crippen LogP contribution in [0.1, 0.15) is 17.3 Å². The number of aliphatic carboxylic acids is 1. The Balaban J connectivity index is 2.29. The van der Waals surface area contributed by atoms with Crippen LogP contribution in [0, 0.1) is 0 Å². The number of anilines is 1. The highest BCUT2D eigenvalue weighted by Crippen LogP contribution is 2.22. The van der Waals surface area contributed by atoms with E-state index in [1.165, 1.54) is 6.92 Å². The van der Waals surface area contributed by atoms with Crippen molar-refractivity contribution in [2.24, 2.45) is 0 Å². The van der Waals surface area contributed by atoms with Crippen LogP contribution in [0.2, 0.25) is 0 Å². The quantitative estimate of drug-likeness (QED) is 0.903. The molecule has 0 spiro atoms. The lowest BCUT2D eigenvalue weighted by atomic mass is 10.1. The number of nitrogens with one attached hydrogen (secondary N) is 1. The topological polar surface area (TPSA) is 69.6 Å². The van der Waals surface area contributed by atoms with Crippen LogP contribution in [-0.2, 0) is 4.79 Å². The van der Waals surface area contributed by atoms with E-state index in [1.807, 2.05) is 43.3 Å². The zero-order chi connectivity index (χ0) is 15.6. The molecule has 0 radical (unpaired) electrons. The summed E-state index contributed by atoms with van der Waals surface area (Å²) in [7, 11) is 3.94. The summed E-state index contributed by atoms with van der Waals surface area (Å²) in [6.45, 7) is 1.44. The van der Waals surface area contributed by atoms with E-state index in [1.54, 1.807) is 12.1 Å². The number of hydrogen-bond donors (Lipinski definition) is 2. The summed E-state index contributed by atoms with van der Waals surface area (Å²) in [6.07, 6.45) is 0. The Morgan fingerprint density at radius 2 is 1.71 bits per heavy atom. The van der Waals surface area contributed by atoms with Gasteiger partial charge in [0.2, 0.25) is 0 Å². The molecular formula is C16H18N2O3. The summed E-state index contributed by atoms with van der Waals surface area (Å²) in [5, 5.41) is 13.2. The molecule has 110 valence electrons. The number of carbonyl (C=O) groups is 2. The fourth-order valence-electron chi connectivity index (χ4n) is 1.99. The van der Waals surface area contributed by atoms with E-state index in [0.717, 1.165) is 16.5 Å². The average Bonchev–Trinajstić information content (AvgIpc) is 2.45. The molecule has 5 heteroatoms. The van der Waals surface area contributed by atoms with E-state index in [9.17, 15) is 9.59 Å². The highest BCUT2D eigenvalue weighted by Gasteiger charge is 2.15. The van der Waals surface area contributed by atoms with Gasteiger partial charge in [0, 0.05) is 25.3 Å². The first kappa shape index (κ1) is 14.8. The molecule has 1 amide bonds. The van der Waals surface area contributed by atoms with E-state index < -0.39 is 12.0 Å². The molecule has 0 saturated heterocycles. The van der Waals surface area contributed by atoms with Gasteiger partial charge in [0.1, 0.15) is 6.04 Å². The van der Waals surface area contributed by atoms with Gasteiger partial charge in [-0.05, 0) is 42.0 Å². The Kier molecular flexibility index (Phi) is 4.12. The largest absolute Gasteiger partial charge is 0.480 e. The normalized spacial score (nSPS) is 12.0. The number of rotatable bonds is 4. The Bertz CT molecular complexity index is 695. The average molecular weight is 286 g/mol. The van der Waals surface area contributed by atoms with Gasteiger partial charge < -0.3 is 15.3 Å². The number of carbonyl (C=O) groups excluding carboxylic acids is 1. The number of carboxylic acids is 1. The third kappa shape index (κ3) is 3.31. The summed E-state index contributed by atoms with van der Waals surface area (Å²) in [5.74, 6) is -1.44. The summed E-state index contributed by atoms with van der Waals surface area (Å²) in [6, 6.07) is 10.4. The van der Waals surface area contributed by atoms with Crippen LogP contribution in [-0.4, -0.2) is 37.1 Å². The maximum atomic E-state index is 12.0. The first-order chi connectivity index (χ1) is 9.88. The summed E-state index contributed by atoms with van der Waals surface area (Å²) >= 11 is 0. The maximum Gasteiger partial charge on any atom is 0.325 e. The number of carboxylic acid groups (broad SMARTS) is 1.